The van der Waals surface area contributed by atoms with Crippen molar-refractivity contribution in [3.05, 3.63) is 16.7 Å². The number of nitrogens with one attached hydrogen (secondary N) is 1. The van der Waals surface area contributed by atoms with Crippen LogP contribution >= 0.6 is 0 Å². The predicted molar refractivity (Wildman–Crippen MR) is 82.2 cm³/mol. The number of morpholine rings is 1. The molecule has 1 unspecified atom stereocenters. The summed E-state index contributed by atoms with van der Waals surface area (Å²) in [6.45, 7) is 4.00. The minimum absolute atomic E-state index is 0.0435. The maximum atomic E-state index is 6.07. The van der Waals surface area contributed by atoms with Crippen LogP contribution in [0.2, 0.25) is 0 Å². The van der Waals surface area contributed by atoms with E-state index in [9.17, 15) is 0 Å². The third kappa shape index (κ3) is 2.23. The Balaban J connectivity index is 1.90. The third-order valence-electron chi connectivity index (χ3n) is 4.69. The van der Waals surface area contributed by atoms with Crippen LogP contribution in [0.4, 0.5) is 0 Å². The topological polar surface area (TPSA) is 49.0 Å². The van der Waals surface area contributed by atoms with Gasteiger partial charge in [0.15, 0.2) is 11.5 Å². The van der Waals surface area contributed by atoms with Crippen LogP contribution in [0.5, 0.6) is 17.2 Å². The van der Waals surface area contributed by atoms with Crippen LogP contribution in [0.3, 0.4) is 0 Å². The van der Waals surface area contributed by atoms with Crippen molar-refractivity contribution in [2.45, 2.75) is 31.8 Å². The second kappa shape index (κ2) is 5.97. The van der Waals surface area contributed by atoms with Gasteiger partial charge in [-0.3, -0.25) is 0 Å². The quantitative estimate of drug-likeness (QED) is 0.906. The normalized spacial score (nSPS) is 23.8. The van der Waals surface area contributed by atoms with Crippen molar-refractivity contribution in [3.8, 4) is 17.2 Å². The van der Waals surface area contributed by atoms with Gasteiger partial charge in [-0.2, -0.15) is 0 Å². The Kier molecular flexibility index (Phi) is 3.84. The van der Waals surface area contributed by atoms with E-state index >= 15 is 0 Å². The first-order valence-electron chi connectivity index (χ1n) is 8.23. The van der Waals surface area contributed by atoms with Gasteiger partial charge in [-0.15, -0.1) is 0 Å². The summed E-state index contributed by atoms with van der Waals surface area (Å²) < 4.78 is 23.8. The van der Waals surface area contributed by atoms with Crippen molar-refractivity contribution in [1.82, 2.24) is 5.32 Å². The molecule has 0 radical (unpaired) electrons. The van der Waals surface area contributed by atoms with E-state index in [1.165, 1.54) is 11.1 Å². The Morgan fingerprint density at radius 3 is 2.50 bits per heavy atom. The number of hydrogen-bond acceptors (Lipinski definition) is 5. The van der Waals surface area contributed by atoms with Crippen LogP contribution in [0, 0.1) is 0 Å². The summed E-state index contributed by atoms with van der Waals surface area (Å²) in [5, 5.41) is 3.42. The van der Waals surface area contributed by atoms with E-state index in [0.717, 1.165) is 81.4 Å². The zero-order chi connectivity index (χ0) is 14.9. The van der Waals surface area contributed by atoms with Crippen molar-refractivity contribution >= 4 is 0 Å². The van der Waals surface area contributed by atoms with E-state index in [4.69, 9.17) is 18.9 Å². The van der Waals surface area contributed by atoms with Gasteiger partial charge in [0.2, 0.25) is 0 Å². The minimum atomic E-state index is 0.0435. The van der Waals surface area contributed by atoms with Gasteiger partial charge in [0.05, 0.1) is 33.0 Å². The standard InChI is InChI=1S/C17H23NO4/c1-19-16-12-5-3-7-21-15(12)14(13-10-18-6-9-20-13)11-4-2-8-22-17(11)16/h13,18H,2-10H2,1H3. The van der Waals surface area contributed by atoms with Gasteiger partial charge in [0.1, 0.15) is 5.75 Å². The van der Waals surface area contributed by atoms with Crippen LogP contribution in [0.1, 0.15) is 35.6 Å². The molecule has 0 spiro atoms. The van der Waals surface area contributed by atoms with Gasteiger partial charge < -0.3 is 24.3 Å². The SMILES string of the molecule is COc1c2c(c(C3CNCCO3)c3c1OCCC3)OCCC2. The summed E-state index contributed by atoms with van der Waals surface area (Å²) >= 11 is 0. The first-order valence-corrected chi connectivity index (χ1v) is 8.23. The number of benzene rings is 1. The number of methoxy groups -OCH3 is 1. The smallest absolute Gasteiger partial charge is 0.167 e. The molecule has 5 heteroatoms. The van der Waals surface area contributed by atoms with Gasteiger partial charge in [0, 0.05) is 29.8 Å². The molecule has 3 aliphatic rings. The van der Waals surface area contributed by atoms with Gasteiger partial charge in [0.25, 0.3) is 0 Å². The van der Waals surface area contributed by atoms with Crippen LogP contribution in [-0.2, 0) is 17.6 Å². The van der Waals surface area contributed by atoms with Crippen molar-refractivity contribution < 1.29 is 18.9 Å². The van der Waals surface area contributed by atoms with Crippen molar-refractivity contribution in [2.75, 3.05) is 40.0 Å². The highest BCUT2D eigenvalue weighted by Gasteiger charge is 2.34. The minimum Gasteiger partial charge on any atom is -0.493 e. The second-order valence-corrected chi connectivity index (χ2v) is 6.03. The molecule has 1 aromatic rings. The Morgan fingerprint density at radius 2 is 1.77 bits per heavy atom. The van der Waals surface area contributed by atoms with Crippen LogP contribution in [0.15, 0.2) is 0 Å². The van der Waals surface area contributed by atoms with Crippen molar-refractivity contribution in [2.24, 2.45) is 0 Å². The van der Waals surface area contributed by atoms with Crippen LogP contribution in [-0.4, -0.2) is 40.0 Å². The molecule has 0 aliphatic carbocycles. The molecule has 5 nitrogen and oxygen atoms in total. The fourth-order valence-electron chi connectivity index (χ4n) is 3.75. The number of ether oxygens (including phenoxy) is 4. The summed E-state index contributed by atoms with van der Waals surface area (Å²) in [5.74, 6) is 2.78. The molecular weight excluding hydrogens is 282 g/mol. The second-order valence-electron chi connectivity index (χ2n) is 6.03. The van der Waals surface area contributed by atoms with E-state index in [1.54, 1.807) is 7.11 Å². The molecule has 1 fully saturated rings. The summed E-state index contributed by atoms with van der Waals surface area (Å²) in [6.07, 6.45) is 4.06. The molecule has 0 bridgehead atoms. The van der Waals surface area contributed by atoms with Gasteiger partial charge in [-0.25, -0.2) is 0 Å². The molecule has 3 aliphatic heterocycles. The Bertz CT molecular complexity index is 529. The molecular formula is C17H23NO4. The van der Waals surface area contributed by atoms with Gasteiger partial charge in [-0.1, -0.05) is 0 Å². The summed E-state index contributed by atoms with van der Waals surface area (Å²) in [6, 6.07) is 0. The van der Waals surface area contributed by atoms with Gasteiger partial charge >= 0.3 is 0 Å². The Hall–Kier alpha value is -1.46. The summed E-state index contributed by atoms with van der Waals surface area (Å²) in [4.78, 5) is 0. The molecule has 0 aromatic heterocycles. The molecule has 0 amide bonds. The molecule has 1 N–H and O–H groups in total. The van der Waals surface area contributed by atoms with Crippen LogP contribution in [0.25, 0.3) is 0 Å². The van der Waals surface area contributed by atoms with E-state index in [-0.39, 0.29) is 6.10 Å². The predicted octanol–water partition coefficient (Wildman–Crippen LogP) is 2.01. The molecule has 1 atom stereocenters. The molecule has 1 saturated heterocycles. The fourth-order valence-corrected chi connectivity index (χ4v) is 3.75. The molecule has 3 heterocycles. The van der Waals surface area contributed by atoms with Crippen LogP contribution < -0.4 is 19.5 Å². The molecule has 120 valence electrons. The van der Waals surface area contributed by atoms with Crippen molar-refractivity contribution in [3.63, 3.8) is 0 Å². The van der Waals surface area contributed by atoms with E-state index in [0.29, 0.717) is 0 Å². The average molecular weight is 305 g/mol. The third-order valence-corrected chi connectivity index (χ3v) is 4.69. The zero-order valence-electron chi connectivity index (χ0n) is 13.1. The lowest BCUT2D eigenvalue weighted by Gasteiger charge is -2.34. The Morgan fingerprint density at radius 1 is 1.00 bits per heavy atom. The lowest BCUT2D eigenvalue weighted by molar-refractivity contribution is 0.0244. The monoisotopic (exact) mass is 305 g/mol. The maximum absolute atomic E-state index is 6.07. The van der Waals surface area contributed by atoms with E-state index in [1.807, 2.05) is 0 Å². The number of hydrogen-bond donors (Lipinski definition) is 1. The summed E-state index contributed by atoms with van der Waals surface area (Å²) in [7, 11) is 1.72. The van der Waals surface area contributed by atoms with E-state index < -0.39 is 0 Å². The highest BCUT2D eigenvalue weighted by Crippen LogP contribution is 2.50. The molecule has 22 heavy (non-hydrogen) atoms. The first kappa shape index (κ1) is 14.2. The van der Waals surface area contributed by atoms with E-state index in [2.05, 4.69) is 5.32 Å². The molecule has 1 aromatic carbocycles. The first-order chi connectivity index (χ1) is 10.9. The largest absolute Gasteiger partial charge is 0.493 e. The average Bonchev–Trinajstić information content (AvgIpc) is 2.60. The number of fused-ring (bicyclic) bond motifs is 2. The zero-order valence-corrected chi connectivity index (χ0v) is 13.1. The van der Waals surface area contributed by atoms with Crippen molar-refractivity contribution in [1.29, 1.82) is 0 Å². The highest BCUT2D eigenvalue weighted by atomic mass is 16.5. The highest BCUT2D eigenvalue weighted by molar-refractivity contribution is 5.65. The lowest BCUT2D eigenvalue weighted by atomic mass is 9.89. The summed E-state index contributed by atoms with van der Waals surface area (Å²) in [5.41, 5.74) is 3.56. The fraction of sp³-hybridized carbons (Fsp3) is 0.647. The van der Waals surface area contributed by atoms with Gasteiger partial charge in [-0.05, 0) is 25.7 Å². The maximum Gasteiger partial charge on any atom is 0.167 e. The number of rotatable bonds is 2. The lowest BCUT2D eigenvalue weighted by Crippen LogP contribution is -2.34. The molecule has 0 saturated carbocycles. The Labute approximate surface area is 130 Å². The molecule has 4 rings (SSSR count).